The van der Waals surface area contributed by atoms with E-state index in [2.05, 4.69) is 10.3 Å². The van der Waals surface area contributed by atoms with Crippen molar-refractivity contribution in [3.05, 3.63) is 23.2 Å². The lowest BCUT2D eigenvalue weighted by molar-refractivity contribution is 0.0634. The maximum absolute atomic E-state index is 11.6. The second kappa shape index (κ2) is 5.09. The minimum Gasteiger partial charge on any atom is -0.476 e. The number of aromatic carboxylic acids is 1. The maximum Gasteiger partial charge on any atom is 0.412 e. The first-order chi connectivity index (χ1) is 9.24. The Bertz CT molecular complexity index is 673. The van der Waals surface area contributed by atoms with Crippen LogP contribution >= 0.6 is 11.3 Å². The van der Waals surface area contributed by atoms with Crippen molar-refractivity contribution in [1.29, 1.82) is 0 Å². The van der Waals surface area contributed by atoms with Gasteiger partial charge < -0.3 is 9.84 Å². The predicted molar refractivity (Wildman–Crippen MR) is 76.4 cm³/mol. The molecule has 20 heavy (non-hydrogen) atoms. The van der Waals surface area contributed by atoms with Crippen LogP contribution in [0, 0.1) is 0 Å². The number of hydrogen-bond donors (Lipinski definition) is 2. The van der Waals surface area contributed by atoms with Crippen LogP contribution in [-0.4, -0.2) is 27.8 Å². The van der Waals surface area contributed by atoms with Crippen LogP contribution in [0.15, 0.2) is 18.2 Å². The smallest absolute Gasteiger partial charge is 0.412 e. The summed E-state index contributed by atoms with van der Waals surface area (Å²) >= 11 is 1.06. The summed E-state index contributed by atoms with van der Waals surface area (Å²) in [5.74, 6) is -1.06. The topological polar surface area (TPSA) is 88.5 Å². The van der Waals surface area contributed by atoms with E-state index in [0.717, 1.165) is 11.3 Å². The number of carboxylic acid groups (broad SMARTS) is 1. The Kier molecular flexibility index (Phi) is 3.63. The number of carbonyl (C=O) groups is 2. The molecule has 0 aliphatic carbocycles. The zero-order valence-corrected chi connectivity index (χ0v) is 12.1. The highest BCUT2D eigenvalue weighted by Crippen LogP contribution is 2.25. The molecule has 1 amide bonds. The van der Waals surface area contributed by atoms with E-state index in [0.29, 0.717) is 15.9 Å². The third-order valence-electron chi connectivity index (χ3n) is 2.22. The molecule has 0 bridgehead atoms. The minimum atomic E-state index is -1.06. The van der Waals surface area contributed by atoms with E-state index in [1.54, 1.807) is 39.0 Å². The first kappa shape index (κ1) is 14.3. The number of ether oxygens (including phenoxy) is 1. The second-order valence-electron chi connectivity index (χ2n) is 5.13. The maximum atomic E-state index is 11.6. The molecule has 0 unspecified atom stereocenters. The molecule has 0 atom stereocenters. The standard InChI is InChI=1S/C13H14N2O4S/c1-13(2,3)19-12(18)14-7-4-5-8-9(6-7)20-10(15-8)11(16)17/h4-6H,1-3H3,(H,14,18)(H,16,17). The fraction of sp³-hybridized carbons (Fsp3) is 0.308. The Balaban J connectivity index is 2.19. The predicted octanol–water partition coefficient (Wildman–Crippen LogP) is 3.34. The first-order valence-corrected chi connectivity index (χ1v) is 6.70. The van der Waals surface area contributed by atoms with E-state index in [4.69, 9.17) is 9.84 Å². The molecule has 0 radical (unpaired) electrons. The Morgan fingerprint density at radius 1 is 1.35 bits per heavy atom. The number of benzene rings is 1. The Morgan fingerprint density at radius 2 is 2.05 bits per heavy atom. The van der Waals surface area contributed by atoms with Crippen molar-refractivity contribution >= 4 is 39.3 Å². The van der Waals surface area contributed by atoms with Crippen LogP contribution in [-0.2, 0) is 4.74 Å². The highest BCUT2D eigenvalue weighted by Gasteiger charge is 2.17. The van der Waals surface area contributed by atoms with Gasteiger partial charge >= 0.3 is 12.1 Å². The van der Waals surface area contributed by atoms with Crippen LogP contribution in [0.5, 0.6) is 0 Å². The van der Waals surface area contributed by atoms with Crippen molar-refractivity contribution in [3.63, 3.8) is 0 Å². The summed E-state index contributed by atoms with van der Waals surface area (Å²) in [4.78, 5) is 26.5. The van der Waals surface area contributed by atoms with Gasteiger partial charge in [0.2, 0.25) is 5.01 Å². The summed E-state index contributed by atoms with van der Waals surface area (Å²) < 4.78 is 5.83. The van der Waals surface area contributed by atoms with E-state index in [1.165, 1.54) is 0 Å². The Labute approximate surface area is 119 Å². The van der Waals surface area contributed by atoms with E-state index < -0.39 is 17.7 Å². The van der Waals surface area contributed by atoms with Gasteiger partial charge in [0.25, 0.3) is 0 Å². The number of fused-ring (bicyclic) bond motifs is 1. The average Bonchev–Trinajstić information content (AvgIpc) is 2.69. The number of anilines is 1. The SMILES string of the molecule is CC(C)(C)OC(=O)Nc1ccc2nc(C(=O)O)sc2c1. The molecular weight excluding hydrogens is 280 g/mol. The van der Waals surface area contributed by atoms with Gasteiger partial charge in [-0.25, -0.2) is 14.6 Å². The van der Waals surface area contributed by atoms with Crippen molar-refractivity contribution in [3.8, 4) is 0 Å². The summed E-state index contributed by atoms with van der Waals surface area (Å²) in [7, 11) is 0. The van der Waals surface area contributed by atoms with Crippen LogP contribution in [0.1, 0.15) is 30.6 Å². The number of thiazole rings is 1. The van der Waals surface area contributed by atoms with Gasteiger partial charge in [-0.05, 0) is 39.0 Å². The van der Waals surface area contributed by atoms with Gasteiger partial charge in [0.15, 0.2) is 0 Å². The van der Waals surface area contributed by atoms with Gasteiger partial charge in [-0.2, -0.15) is 0 Å². The van der Waals surface area contributed by atoms with Gasteiger partial charge in [-0.1, -0.05) is 0 Å². The van der Waals surface area contributed by atoms with Crippen LogP contribution in [0.2, 0.25) is 0 Å². The van der Waals surface area contributed by atoms with Crippen LogP contribution < -0.4 is 5.32 Å². The largest absolute Gasteiger partial charge is 0.476 e. The molecule has 106 valence electrons. The van der Waals surface area contributed by atoms with Crippen molar-refractivity contribution in [2.24, 2.45) is 0 Å². The first-order valence-electron chi connectivity index (χ1n) is 5.88. The number of carboxylic acids is 1. The third kappa shape index (κ3) is 3.45. The lowest BCUT2D eigenvalue weighted by atomic mass is 10.2. The quantitative estimate of drug-likeness (QED) is 0.886. The van der Waals surface area contributed by atoms with Gasteiger partial charge in [0, 0.05) is 5.69 Å². The normalized spacial score (nSPS) is 11.3. The minimum absolute atomic E-state index is 0.0226. The van der Waals surface area contributed by atoms with Gasteiger partial charge in [-0.3, -0.25) is 5.32 Å². The number of amides is 1. The summed E-state index contributed by atoms with van der Waals surface area (Å²) in [6, 6.07) is 4.98. The van der Waals surface area contributed by atoms with Crippen LogP contribution in [0.25, 0.3) is 10.2 Å². The van der Waals surface area contributed by atoms with Crippen LogP contribution in [0.3, 0.4) is 0 Å². The number of aromatic nitrogens is 1. The summed E-state index contributed by atoms with van der Waals surface area (Å²) in [5.41, 5.74) is 0.546. The molecular formula is C13H14N2O4S. The molecule has 0 aliphatic heterocycles. The zero-order chi connectivity index (χ0) is 14.9. The fourth-order valence-electron chi connectivity index (χ4n) is 1.52. The van der Waals surface area contributed by atoms with Crippen molar-refractivity contribution in [1.82, 2.24) is 4.98 Å². The highest BCUT2D eigenvalue weighted by molar-refractivity contribution is 7.20. The van der Waals surface area contributed by atoms with E-state index in [1.807, 2.05) is 0 Å². The molecule has 2 N–H and O–H groups in total. The van der Waals surface area contributed by atoms with E-state index >= 15 is 0 Å². The molecule has 2 rings (SSSR count). The van der Waals surface area contributed by atoms with Gasteiger partial charge in [0.05, 0.1) is 10.2 Å². The number of rotatable bonds is 2. The second-order valence-corrected chi connectivity index (χ2v) is 6.16. The lowest BCUT2D eigenvalue weighted by Crippen LogP contribution is -2.27. The molecule has 6 nitrogen and oxygen atoms in total. The summed E-state index contributed by atoms with van der Waals surface area (Å²) in [5, 5.41) is 11.5. The molecule has 0 aliphatic rings. The van der Waals surface area contributed by atoms with Crippen LogP contribution in [0.4, 0.5) is 10.5 Å². The molecule has 0 saturated carbocycles. The van der Waals surface area contributed by atoms with Crippen molar-refractivity contribution in [2.75, 3.05) is 5.32 Å². The molecule has 1 aromatic carbocycles. The van der Waals surface area contributed by atoms with Crippen molar-refractivity contribution < 1.29 is 19.4 Å². The van der Waals surface area contributed by atoms with Crippen molar-refractivity contribution in [2.45, 2.75) is 26.4 Å². The highest BCUT2D eigenvalue weighted by atomic mass is 32.1. The van der Waals surface area contributed by atoms with E-state index in [-0.39, 0.29) is 5.01 Å². The molecule has 1 heterocycles. The van der Waals surface area contributed by atoms with E-state index in [9.17, 15) is 9.59 Å². The third-order valence-corrected chi connectivity index (χ3v) is 3.22. The fourth-order valence-corrected chi connectivity index (χ4v) is 2.36. The summed E-state index contributed by atoms with van der Waals surface area (Å²) in [6.45, 7) is 5.33. The van der Waals surface area contributed by atoms with Gasteiger partial charge in [-0.15, -0.1) is 11.3 Å². The molecule has 0 saturated heterocycles. The summed E-state index contributed by atoms with van der Waals surface area (Å²) in [6.07, 6.45) is -0.556. The average molecular weight is 294 g/mol. The Hall–Kier alpha value is -2.15. The number of hydrogen-bond acceptors (Lipinski definition) is 5. The number of nitrogens with one attached hydrogen (secondary N) is 1. The molecule has 1 aromatic heterocycles. The van der Waals surface area contributed by atoms with Gasteiger partial charge in [0.1, 0.15) is 5.60 Å². The lowest BCUT2D eigenvalue weighted by Gasteiger charge is -2.19. The molecule has 0 fully saturated rings. The molecule has 2 aromatic rings. The zero-order valence-electron chi connectivity index (χ0n) is 11.3. The molecule has 7 heteroatoms. The Morgan fingerprint density at radius 3 is 2.65 bits per heavy atom. The number of nitrogens with zero attached hydrogens (tertiary/aromatic N) is 1. The number of carbonyl (C=O) groups excluding carboxylic acids is 1. The molecule has 0 spiro atoms. The monoisotopic (exact) mass is 294 g/mol.